The van der Waals surface area contributed by atoms with Crippen LogP contribution in [0.3, 0.4) is 0 Å². The second-order valence-electron chi connectivity index (χ2n) is 7.86. The van der Waals surface area contributed by atoms with Gasteiger partial charge in [0.1, 0.15) is 11.6 Å². The van der Waals surface area contributed by atoms with Crippen molar-refractivity contribution in [2.24, 2.45) is 0 Å². The van der Waals surface area contributed by atoms with Crippen LogP contribution >= 0.6 is 0 Å². The van der Waals surface area contributed by atoms with E-state index in [0.29, 0.717) is 0 Å². The zero-order valence-electron chi connectivity index (χ0n) is 17.1. The fraction of sp³-hybridized carbons (Fsp3) is 0.192. The van der Waals surface area contributed by atoms with Gasteiger partial charge >= 0.3 is 0 Å². The molecule has 1 atom stereocenters. The van der Waals surface area contributed by atoms with Crippen LogP contribution in [0.1, 0.15) is 36.1 Å². The van der Waals surface area contributed by atoms with E-state index in [-0.39, 0.29) is 17.3 Å². The van der Waals surface area contributed by atoms with Gasteiger partial charge in [0, 0.05) is 12.2 Å². The molecule has 1 aliphatic heterocycles. The van der Waals surface area contributed by atoms with Gasteiger partial charge in [-0.25, -0.2) is 4.39 Å². The average molecular weight is 401 g/mol. The highest BCUT2D eigenvalue weighted by Gasteiger charge is 2.40. The summed E-state index contributed by atoms with van der Waals surface area (Å²) in [5.74, 6) is 0.00925. The summed E-state index contributed by atoms with van der Waals surface area (Å²) in [4.78, 5) is 13.5. The first kappa shape index (κ1) is 19.9. The van der Waals surface area contributed by atoms with Crippen LogP contribution in [0.15, 0.2) is 72.8 Å². The maximum Gasteiger partial charge on any atom is 0.152 e. The normalized spacial score (nSPS) is 18.4. The number of nitrogens with zero attached hydrogens (tertiary/aromatic N) is 1. The largest absolute Gasteiger partial charge is 0.508 e. The summed E-state index contributed by atoms with van der Waals surface area (Å²) in [6.07, 6.45) is 4.15. The van der Waals surface area contributed by atoms with Gasteiger partial charge in [0.2, 0.25) is 0 Å². The van der Waals surface area contributed by atoms with E-state index in [2.05, 4.69) is 24.0 Å². The van der Waals surface area contributed by atoms with E-state index < -0.39 is 5.54 Å². The molecule has 0 saturated heterocycles. The van der Waals surface area contributed by atoms with Crippen molar-refractivity contribution in [2.75, 3.05) is 11.4 Å². The van der Waals surface area contributed by atoms with Crippen LogP contribution in [-0.2, 0) is 16.8 Å². The Bertz CT molecular complexity index is 1100. The molecule has 3 nitrogen and oxygen atoms in total. The highest BCUT2D eigenvalue weighted by Crippen LogP contribution is 2.44. The molecular weight excluding hydrogens is 377 g/mol. The molecular formula is C26H24FNO2. The molecule has 4 heteroatoms. The maximum absolute atomic E-state index is 13.5. The van der Waals surface area contributed by atoms with Crippen molar-refractivity contribution in [3.63, 3.8) is 0 Å². The molecule has 0 saturated carbocycles. The van der Waals surface area contributed by atoms with Gasteiger partial charge in [0.15, 0.2) is 5.78 Å². The van der Waals surface area contributed by atoms with Gasteiger partial charge in [-0.05, 0) is 85.0 Å². The van der Waals surface area contributed by atoms with E-state index in [1.807, 2.05) is 36.4 Å². The highest BCUT2D eigenvalue weighted by atomic mass is 19.1. The summed E-state index contributed by atoms with van der Waals surface area (Å²) in [6.45, 7) is 4.43. The summed E-state index contributed by atoms with van der Waals surface area (Å²) in [7, 11) is 0. The number of hydrogen-bond acceptors (Lipinski definition) is 3. The Labute approximate surface area is 176 Å². The Kier molecular flexibility index (Phi) is 5.17. The van der Waals surface area contributed by atoms with E-state index in [1.54, 1.807) is 18.2 Å². The lowest BCUT2D eigenvalue weighted by molar-refractivity contribution is -0.112. The van der Waals surface area contributed by atoms with Gasteiger partial charge in [-0.1, -0.05) is 36.4 Å². The minimum atomic E-state index is -0.498. The molecule has 0 spiro atoms. The molecule has 3 aromatic rings. The first-order valence-electron chi connectivity index (χ1n) is 10.0. The Morgan fingerprint density at radius 1 is 1.07 bits per heavy atom. The standard InChI is InChI=1S/C26H24FNO2/c1-18(29)3-4-19-5-7-21(8-6-19)26(2)25-14-13-24(30)17-20(25)15-16-28(26)23-11-9-22(27)10-12-23/h3-14,17,30H,15-16H2,1-2H3. The molecule has 1 aliphatic rings. The van der Waals surface area contributed by atoms with Crippen molar-refractivity contribution < 1.29 is 14.3 Å². The molecule has 4 rings (SSSR count). The van der Waals surface area contributed by atoms with E-state index in [4.69, 9.17) is 0 Å². The number of phenols is 1. The van der Waals surface area contributed by atoms with Crippen LogP contribution in [0.4, 0.5) is 10.1 Å². The van der Waals surface area contributed by atoms with Crippen LogP contribution in [0.2, 0.25) is 0 Å². The van der Waals surface area contributed by atoms with Crippen molar-refractivity contribution in [1.29, 1.82) is 0 Å². The van der Waals surface area contributed by atoms with Crippen molar-refractivity contribution in [3.8, 4) is 5.75 Å². The number of allylic oxidation sites excluding steroid dienone is 1. The third kappa shape index (κ3) is 3.61. The molecule has 3 aromatic carbocycles. The fourth-order valence-corrected chi connectivity index (χ4v) is 4.32. The topological polar surface area (TPSA) is 40.5 Å². The fourth-order valence-electron chi connectivity index (χ4n) is 4.32. The first-order chi connectivity index (χ1) is 14.4. The van der Waals surface area contributed by atoms with Gasteiger partial charge in [0.05, 0.1) is 5.54 Å². The number of halogens is 1. The SMILES string of the molecule is CC(=O)C=Cc1ccc(C2(C)c3ccc(O)cc3CCN2c2ccc(F)cc2)cc1. The van der Waals surface area contributed by atoms with Crippen LogP contribution in [0.5, 0.6) is 5.75 Å². The molecule has 0 aromatic heterocycles. The number of ketones is 1. The number of aromatic hydroxyl groups is 1. The summed E-state index contributed by atoms with van der Waals surface area (Å²) < 4.78 is 13.5. The smallest absolute Gasteiger partial charge is 0.152 e. The zero-order chi connectivity index (χ0) is 21.3. The molecule has 0 aliphatic carbocycles. The van der Waals surface area contributed by atoms with Gasteiger partial charge in [-0.2, -0.15) is 0 Å². The van der Waals surface area contributed by atoms with E-state index in [9.17, 15) is 14.3 Å². The minimum absolute atomic E-state index is 0.00883. The molecule has 1 unspecified atom stereocenters. The van der Waals surface area contributed by atoms with Gasteiger partial charge in [-0.15, -0.1) is 0 Å². The van der Waals surface area contributed by atoms with Crippen molar-refractivity contribution >= 4 is 17.5 Å². The number of carbonyl (C=O) groups is 1. The zero-order valence-corrected chi connectivity index (χ0v) is 17.1. The summed E-state index contributed by atoms with van der Waals surface area (Å²) in [5.41, 5.74) is 4.70. The summed E-state index contributed by atoms with van der Waals surface area (Å²) in [5, 5.41) is 9.99. The molecule has 0 fully saturated rings. The predicted octanol–water partition coefficient (Wildman–Crippen LogP) is 5.46. The molecule has 0 amide bonds. The lowest BCUT2D eigenvalue weighted by Crippen LogP contribution is -2.49. The van der Waals surface area contributed by atoms with Crippen molar-refractivity contribution in [1.82, 2.24) is 0 Å². The summed E-state index contributed by atoms with van der Waals surface area (Å²) in [6, 6.07) is 20.2. The summed E-state index contributed by atoms with van der Waals surface area (Å²) >= 11 is 0. The van der Waals surface area contributed by atoms with E-state index >= 15 is 0 Å². The molecule has 30 heavy (non-hydrogen) atoms. The number of hydrogen-bond donors (Lipinski definition) is 1. The number of fused-ring (bicyclic) bond motifs is 1. The molecule has 152 valence electrons. The molecule has 1 N–H and O–H groups in total. The molecule has 0 bridgehead atoms. The predicted molar refractivity (Wildman–Crippen MR) is 118 cm³/mol. The van der Waals surface area contributed by atoms with Crippen LogP contribution < -0.4 is 4.90 Å². The number of carbonyl (C=O) groups excluding carboxylic acids is 1. The lowest BCUT2D eigenvalue weighted by atomic mass is 9.76. The molecule has 1 heterocycles. The Morgan fingerprint density at radius 2 is 1.77 bits per heavy atom. The maximum atomic E-state index is 13.5. The Morgan fingerprint density at radius 3 is 2.43 bits per heavy atom. The average Bonchev–Trinajstić information content (AvgIpc) is 2.73. The van der Waals surface area contributed by atoms with Gasteiger partial charge in [0.25, 0.3) is 0 Å². The first-order valence-corrected chi connectivity index (χ1v) is 10.0. The number of phenolic OH excluding ortho intramolecular Hbond substituents is 1. The van der Waals surface area contributed by atoms with Crippen molar-refractivity contribution in [2.45, 2.75) is 25.8 Å². The van der Waals surface area contributed by atoms with Crippen LogP contribution in [-0.4, -0.2) is 17.4 Å². The highest BCUT2D eigenvalue weighted by molar-refractivity contribution is 5.91. The second-order valence-corrected chi connectivity index (χ2v) is 7.86. The Balaban J connectivity index is 1.84. The third-order valence-corrected chi connectivity index (χ3v) is 5.88. The molecule has 0 radical (unpaired) electrons. The monoisotopic (exact) mass is 401 g/mol. The van der Waals surface area contributed by atoms with Crippen molar-refractivity contribution in [3.05, 3.63) is 101 Å². The van der Waals surface area contributed by atoms with E-state index in [1.165, 1.54) is 19.1 Å². The number of benzene rings is 3. The third-order valence-electron chi connectivity index (χ3n) is 5.88. The number of rotatable bonds is 4. The quantitative estimate of drug-likeness (QED) is 0.590. The lowest BCUT2D eigenvalue weighted by Gasteiger charge is -2.48. The van der Waals surface area contributed by atoms with Crippen LogP contribution in [0, 0.1) is 5.82 Å². The van der Waals surface area contributed by atoms with Gasteiger partial charge < -0.3 is 10.0 Å². The second kappa shape index (κ2) is 7.79. The Hall–Kier alpha value is -3.40. The van der Waals surface area contributed by atoms with Crippen LogP contribution in [0.25, 0.3) is 6.08 Å². The minimum Gasteiger partial charge on any atom is -0.508 e. The van der Waals surface area contributed by atoms with Gasteiger partial charge in [-0.3, -0.25) is 4.79 Å². The van der Waals surface area contributed by atoms with E-state index in [0.717, 1.165) is 40.9 Å². The number of anilines is 1.